The molecule has 4 rings (SSSR count). The van der Waals surface area contributed by atoms with E-state index in [0.29, 0.717) is 6.04 Å². The third-order valence-corrected chi connectivity index (χ3v) is 5.70. The molecule has 1 aliphatic heterocycles. The van der Waals surface area contributed by atoms with Crippen molar-refractivity contribution in [2.45, 2.75) is 51.2 Å². The average Bonchev–Trinajstić information content (AvgIpc) is 3.42. The van der Waals surface area contributed by atoms with Crippen molar-refractivity contribution >= 4 is 17.5 Å². The second-order valence-electron chi connectivity index (χ2n) is 8.39. The summed E-state index contributed by atoms with van der Waals surface area (Å²) in [6, 6.07) is 5.17. The first-order chi connectivity index (χ1) is 14.8. The Bertz CT molecular complexity index is 913. The standard InChI is InChI=1S/C22H27F4N5/c1-2-3-15-11-20(31-9-8-17(13-31)27-12-14-4-5-14)30-21(28-15)29-16-6-7-19(23)18(10-16)22(24,25)26/h6-7,10-11,14,17,27H,2-5,8-9,12-13H2,1H3,(H,28,29,30). The quantitative estimate of drug-likeness (QED) is 0.575. The number of aromatic nitrogens is 2. The van der Waals surface area contributed by atoms with Crippen LogP contribution in [0.3, 0.4) is 0 Å². The van der Waals surface area contributed by atoms with E-state index in [1.807, 2.05) is 13.0 Å². The van der Waals surface area contributed by atoms with Crippen LogP contribution in [-0.2, 0) is 12.6 Å². The Morgan fingerprint density at radius 3 is 2.65 bits per heavy atom. The highest BCUT2D eigenvalue weighted by Gasteiger charge is 2.34. The number of halogens is 4. The van der Waals surface area contributed by atoms with E-state index in [2.05, 4.69) is 25.5 Å². The van der Waals surface area contributed by atoms with Crippen molar-refractivity contribution in [3.05, 3.63) is 41.3 Å². The predicted molar refractivity (Wildman–Crippen MR) is 112 cm³/mol. The summed E-state index contributed by atoms with van der Waals surface area (Å²) in [4.78, 5) is 11.2. The van der Waals surface area contributed by atoms with Crippen LogP contribution < -0.4 is 15.5 Å². The third-order valence-electron chi connectivity index (χ3n) is 5.70. The van der Waals surface area contributed by atoms with Gasteiger partial charge in [0, 0.05) is 36.6 Å². The van der Waals surface area contributed by atoms with E-state index in [9.17, 15) is 17.6 Å². The Morgan fingerprint density at radius 1 is 1.13 bits per heavy atom. The lowest BCUT2D eigenvalue weighted by Gasteiger charge is -2.20. The van der Waals surface area contributed by atoms with Gasteiger partial charge in [0.15, 0.2) is 0 Å². The molecule has 1 aliphatic carbocycles. The minimum Gasteiger partial charge on any atom is -0.355 e. The first-order valence-electron chi connectivity index (χ1n) is 10.8. The van der Waals surface area contributed by atoms with Crippen molar-refractivity contribution in [1.29, 1.82) is 0 Å². The minimum atomic E-state index is -4.77. The third kappa shape index (κ3) is 5.64. The van der Waals surface area contributed by atoms with Gasteiger partial charge in [0.25, 0.3) is 0 Å². The lowest BCUT2D eigenvalue weighted by molar-refractivity contribution is -0.139. The molecule has 1 saturated heterocycles. The van der Waals surface area contributed by atoms with Gasteiger partial charge in [-0.2, -0.15) is 18.2 Å². The highest BCUT2D eigenvalue weighted by atomic mass is 19.4. The molecule has 1 aromatic carbocycles. The highest BCUT2D eigenvalue weighted by Crippen LogP contribution is 2.34. The number of anilines is 3. The zero-order chi connectivity index (χ0) is 22.0. The van der Waals surface area contributed by atoms with E-state index in [4.69, 9.17) is 0 Å². The fourth-order valence-corrected chi connectivity index (χ4v) is 3.82. The van der Waals surface area contributed by atoms with Crippen molar-refractivity contribution in [2.75, 3.05) is 29.9 Å². The Labute approximate surface area is 179 Å². The molecule has 2 heterocycles. The van der Waals surface area contributed by atoms with Crippen molar-refractivity contribution in [3.8, 4) is 0 Å². The van der Waals surface area contributed by atoms with Gasteiger partial charge in [-0.05, 0) is 56.3 Å². The van der Waals surface area contributed by atoms with Gasteiger partial charge < -0.3 is 15.5 Å². The molecule has 31 heavy (non-hydrogen) atoms. The van der Waals surface area contributed by atoms with Crippen LogP contribution in [-0.4, -0.2) is 35.6 Å². The van der Waals surface area contributed by atoms with Crippen LogP contribution in [0.2, 0.25) is 0 Å². The summed E-state index contributed by atoms with van der Waals surface area (Å²) in [5.74, 6) is 0.489. The first-order valence-corrected chi connectivity index (χ1v) is 10.8. The van der Waals surface area contributed by atoms with Crippen LogP contribution in [0.5, 0.6) is 0 Å². The van der Waals surface area contributed by atoms with Gasteiger partial charge in [-0.3, -0.25) is 0 Å². The second-order valence-corrected chi connectivity index (χ2v) is 8.39. The topological polar surface area (TPSA) is 53.1 Å². The summed E-state index contributed by atoms with van der Waals surface area (Å²) in [5, 5.41) is 6.46. The molecule has 1 unspecified atom stereocenters. The highest BCUT2D eigenvalue weighted by molar-refractivity contribution is 5.57. The van der Waals surface area contributed by atoms with Crippen LogP contribution in [0.25, 0.3) is 0 Å². The van der Waals surface area contributed by atoms with Gasteiger partial charge in [-0.1, -0.05) is 13.3 Å². The summed E-state index contributed by atoms with van der Waals surface area (Å²) >= 11 is 0. The number of benzene rings is 1. The van der Waals surface area contributed by atoms with Crippen LogP contribution in [0.1, 0.15) is 43.9 Å². The molecule has 168 valence electrons. The maximum atomic E-state index is 13.6. The molecule has 1 saturated carbocycles. The average molecular weight is 437 g/mol. The summed E-state index contributed by atoms with van der Waals surface area (Å²) in [5.41, 5.74) is -0.396. The first kappa shape index (κ1) is 21.8. The maximum Gasteiger partial charge on any atom is 0.419 e. The number of nitrogens with zero attached hydrogens (tertiary/aromatic N) is 3. The summed E-state index contributed by atoms with van der Waals surface area (Å²) in [6.45, 7) is 4.79. The van der Waals surface area contributed by atoms with Gasteiger partial charge >= 0.3 is 6.18 Å². The summed E-state index contributed by atoms with van der Waals surface area (Å²) in [6.07, 6.45) is 0.495. The molecule has 1 aromatic heterocycles. The lowest BCUT2D eigenvalue weighted by atomic mass is 10.2. The predicted octanol–water partition coefficient (Wildman–Crippen LogP) is 4.91. The molecule has 2 fully saturated rings. The molecule has 1 atom stereocenters. The zero-order valence-corrected chi connectivity index (χ0v) is 17.5. The van der Waals surface area contributed by atoms with E-state index in [1.165, 1.54) is 18.9 Å². The largest absolute Gasteiger partial charge is 0.419 e. The van der Waals surface area contributed by atoms with E-state index < -0.39 is 17.6 Å². The van der Waals surface area contributed by atoms with E-state index >= 15 is 0 Å². The fraction of sp³-hybridized carbons (Fsp3) is 0.545. The molecule has 0 radical (unpaired) electrons. The molecule has 0 spiro atoms. The normalized spacial score (nSPS) is 19.1. The Balaban J connectivity index is 1.52. The Morgan fingerprint density at radius 2 is 1.94 bits per heavy atom. The number of alkyl halides is 3. The molecule has 2 aromatic rings. The van der Waals surface area contributed by atoms with Crippen molar-refractivity contribution in [3.63, 3.8) is 0 Å². The number of aryl methyl sites for hydroxylation is 1. The fourth-order valence-electron chi connectivity index (χ4n) is 3.82. The molecule has 9 heteroatoms. The lowest BCUT2D eigenvalue weighted by Crippen LogP contribution is -2.34. The Hall–Kier alpha value is -2.42. The van der Waals surface area contributed by atoms with Gasteiger partial charge in [0.05, 0.1) is 5.56 Å². The number of hydrogen-bond acceptors (Lipinski definition) is 5. The van der Waals surface area contributed by atoms with Crippen LogP contribution >= 0.6 is 0 Å². The summed E-state index contributed by atoms with van der Waals surface area (Å²) < 4.78 is 52.7. The van der Waals surface area contributed by atoms with Crippen molar-refractivity contribution < 1.29 is 17.6 Å². The smallest absolute Gasteiger partial charge is 0.355 e. The molecular formula is C22H27F4N5. The molecule has 5 nitrogen and oxygen atoms in total. The monoisotopic (exact) mass is 437 g/mol. The maximum absolute atomic E-state index is 13.6. The Kier molecular flexibility index (Phi) is 6.31. The van der Waals surface area contributed by atoms with Crippen LogP contribution in [0, 0.1) is 11.7 Å². The number of hydrogen-bond donors (Lipinski definition) is 2. The van der Waals surface area contributed by atoms with Crippen LogP contribution in [0.15, 0.2) is 24.3 Å². The van der Waals surface area contributed by atoms with Crippen LogP contribution in [0.4, 0.5) is 35.0 Å². The van der Waals surface area contributed by atoms with Crippen molar-refractivity contribution in [2.24, 2.45) is 5.92 Å². The number of nitrogens with one attached hydrogen (secondary N) is 2. The molecule has 2 N–H and O–H groups in total. The molecule has 2 aliphatic rings. The second kappa shape index (κ2) is 8.98. The van der Waals surface area contributed by atoms with Gasteiger partial charge in [0.1, 0.15) is 11.6 Å². The van der Waals surface area contributed by atoms with Gasteiger partial charge in [-0.25, -0.2) is 9.37 Å². The molecule has 0 bridgehead atoms. The van der Waals surface area contributed by atoms with Gasteiger partial charge in [0.2, 0.25) is 5.95 Å². The van der Waals surface area contributed by atoms with Crippen molar-refractivity contribution in [1.82, 2.24) is 15.3 Å². The SMILES string of the molecule is CCCc1cc(N2CCC(NCC3CC3)C2)nc(Nc2ccc(F)c(C(F)(F)F)c2)n1. The van der Waals surface area contributed by atoms with E-state index in [-0.39, 0.29) is 11.6 Å². The molecule has 0 amide bonds. The molecular weight excluding hydrogens is 410 g/mol. The van der Waals surface area contributed by atoms with Gasteiger partial charge in [-0.15, -0.1) is 0 Å². The van der Waals surface area contributed by atoms with E-state index in [1.54, 1.807) is 0 Å². The van der Waals surface area contributed by atoms with E-state index in [0.717, 1.165) is 68.5 Å². The summed E-state index contributed by atoms with van der Waals surface area (Å²) in [7, 11) is 0. The zero-order valence-electron chi connectivity index (χ0n) is 17.5. The minimum absolute atomic E-state index is 0.0960. The number of rotatable bonds is 8.